The van der Waals surface area contributed by atoms with Gasteiger partial charge in [0.2, 0.25) is 5.91 Å². The van der Waals surface area contributed by atoms with Crippen LogP contribution in [0.25, 0.3) is 0 Å². The Morgan fingerprint density at radius 1 is 1.03 bits per heavy atom. The average Bonchev–Trinajstić information content (AvgIpc) is 2.87. The zero-order valence-corrected chi connectivity index (χ0v) is 19.6. The van der Waals surface area contributed by atoms with E-state index in [2.05, 4.69) is 10.6 Å². The molecule has 1 aliphatic heterocycles. The van der Waals surface area contributed by atoms with E-state index in [4.69, 9.17) is 9.47 Å². The Morgan fingerprint density at radius 3 is 2.51 bits per heavy atom. The molecule has 8 nitrogen and oxygen atoms in total. The Morgan fingerprint density at radius 2 is 1.77 bits per heavy atom. The van der Waals surface area contributed by atoms with Crippen molar-refractivity contribution in [3.63, 3.8) is 0 Å². The van der Waals surface area contributed by atoms with Crippen LogP contribution in [0.3, 0.4) is 0 Å². The first-order valence-electron chi connectivity index (χ1n) is 11.4. The van der Waals surface area contributed by atoms with Gasteiger partial charge >= 0.3 is 0 Å². The molecule has 3 amide bonds. The van der Waals surface area contributed by atoms with E-state index in [1.165, 1.54) is 0 Å². The third-order valence-corrected chi connectivity index (χ3v) is 5.50. The third-order valence-electron chi connectivity index (χ3n) is 5.50. The van der Waals surface area contributed by atoms with E-state index < -0.39 is 6.10 Å². The molecule has 4 rings (SSSR count). The van der Waals surface area contributed by atoms with E-state index in [1.54, 1.807) is 54.3 Å². The topological polar surface area (TPSA) is 97.0 Å². The van der Waals surface area contributed by atoms with Gasteiger partial charge in [-0.25, -0.2) is 0 Å². The lowest BCUT2D eigenvalue weighted by Gasteiger charge is -2.33. The molecule has 1 aliphatic rings. The molecular weight excluding hydrogens is 446 g/mol. The van der Waals surface area contributed by atoms with Crippen LogP contribution < -0.4 is 25.0 Å². The number of rotatable bonds is 8. The van der Waals surface area contributed by atoms with Gasteiger partial charge in [0.1, 0.15) is 18.1 Å². The molecule has 3 aromatic carbocycles. The summed E-state index contributed by atoms with van der Waals surface area (Å²) in [6.45, 7) is 4.12. The first-order chi connectivity index (χ1) is 16.9. The molecule has 0 fully saturated rings. The van der Waals surface area contributed by atoms with Crippen molar-refractivity contribution in [1.29, 1.82) is 0 Å². The Labute approximate surface area is 203 Å². The van der Waals surface area contributed by atoms with Gasteiger partial charge in [0, 0.05) is 11.3 Å². The highest BCUT2D eigenvalue weighted by Gasteiger charge is 2.31. The van der Waals surface area contributed by atoms with Crippen LogP contribution in [0.4, 0.5) is 11.4 Å². The summed E-state index contributed by atoms with van der Waals surface area (Å²) in [7, 11) is 0. The quantitative estimate of drug-likeness (QED) is 0.522. The van der Waals surface area contributed by atoms with Crippen molar-refractivity contribution in [2.75, 3.05) is 29.9 Å². The highest BCUT2D eigenvalue weighted by atomic mass is 16.5. The number of hydrogen-bond donors (Lipinski definition) is 2. The number of nitrogens with zero attached hydrogens (tertiary/aromatic N) is 1. The summed E-state index contributed by atoms with van der Waals surface area (Å²) >= 11 is 0. The monoisotopic (exact) mass is 473 g/mol. The van der Waals surface area contributed by atoms with Crippen molar-refractivity contribution < 1.29 is 23.9 Å². The summed E-state index contributed by atoms with van der Waals surface area (Å²) in [6.07, 6.45) is -0.629. The molecule has 3 aromatic rings. The maximum Gasteiger partial charge on any atom is 0.267 e. The lowest BCUT2D eigenvalue weighted by atomic mass is 10.1. The Hall–Kier alpha value is -4.33. The maximum absolute atomic E-state index is 12.8. The number of amides is 3. The molecule has 180 valence electrons. The maximum atomic E-state index is 12.8. The van der Waals surface area contributed by atoms with Crippen molar-refractivity contribution in [3.8, 4) is 11.5 Å². The van der Waals surface area contributed by atoms with Crippen LogP contribution in [0, 0.1) is 6.92 Å². The van der Waals surface area contributed by atoms with E-state index in [9.17, 15) is 14.4 Å². The second-order valence-electron chi connectivity index (χ2n) is 8.19. The molecule has 1 atom stereocenters. The van der Waals surface area contributed by atoms with Gasteiger partial charge in [-0.05, 0) is 56.3 Å². The van der Waals surface area contributed by atoms with Crippen molar-refractivity contribution >= 4 is 29.1 Å². The molecule has 0 bridgehead atoms. The molecule has 1 unspecified atom stereocenters. The van der Waals surface area contributed by atoms with Crippen LogP contribution >= 0.6 is 0 Å². The van der Waals surface area contributed by atoms with E-state index >= 15 is 0 Å². The van der Waals surface area contributed by atoms with Crippen LogP contribution in [0.15, 0.2) is 72.8 Å². The SMILES string of the molecule is Cc1ccc(OCCN2C(=O)C(C)Oc3ccc(NC(=O)CNC(=O)c4ccccc4)cc32)cc1. The predicted molar refractivity (Wildman–Crippen MR) is 133 cm³/mol. The fourth-order valence-electron chi connectivity index (χ4n) is 3.66. The predicted octanol–water partition coefficient (Wildman–Crippen LogP) is 3.56. The highest BCUT2D eigenvalue weighted by molar-refractivity contribution is 6.02. The van der Waals surface area contributed by atoms with Crippen LogP contribution in [0.1, 0.15) is 22.8 Å². The average molecular weight is 474 g/mol. The zero-order chi connectivity index (χ0) is 24.8. The number of benzene rings is 3. The van der Waals surface area contributed by atoms with E-state index in [1.807, 2.05) is 37.3 Å². The van der Waals surface area contributed by atoms with Crippen LogP contribution in [0.2, 0.25) is 0 Å². The van der Waals surface area contributed by atoms with Crippen molar-refractivity contribution in [2.24, 2.45) is 0 Å². The Bertz CT molecular complexity index is 1210. The number of fused-ring (bicyclic) bond motifs is 1. The molecule has 0 aromatic heterocycles. The lowest BCUT2D eigenvalue weighted by molar-refractivity contribution is -0.125. The fourth-order valence-corrected chi connectivity index (χ4v) is 3.66. The molecule has 0 spiro atoms. The number of carbonyl (C=O) groups is 3. The summed E-state index contributed by atoms with van der Waals surface area (Å²) in [5, 5.41) is 5.35. The fraction of sp³-hybridized carbons (Fsp3) is 0.222. The minimum Gasteiger partial charge on any atom is -0.492 e. The van der Waals surface area contributed by atoms with Crippen LogP contribution in [-0.2, 0) is 9.59 Å². The molecule has 0 aliphatic carbocycles. The number of carbonyl (C=O) groups excluding carboxylic acids is 3. The Kier molecular flexibility index (Phi) is 7.30. The first-order valence-corrected chi connectivity index (χ1v) is 11.4. The number of nitrogens with one attached hydrogen (secondary N) is 2. The van der Waals surface area contributed by atoms with Gasteiger partial charge in [-0.3, -0.25) is 14.4 Å². The number of aryl methyl sites for hydroxylation is 1. The van der Waals surface area contributed by atoms with Crippen molar-refractivity contribution in [3.05, 3.63) is 83.9 Å². The molecular formula is C27H27N3O5. The standard InChI is InChI=1S/C27H27N3O5/c1-18-8-11-22(12-9-18)34-15-14-30-23-16-21(10-13-24(23)35-19(2)27(30)33)29-25(31)17-28-26(32)20-6-4-3-5-7-20/h3-13,16,19H,14-15,17H2,1-2H3,(H,28,32)(H,29,31). The summed E-state index contributed by atoms with van der Waals surface area (Å²) in [4.78, 5) is 39.0. The molecule has 8 heteroatoms. The second-order valence-corrected chi connectivity index (χ2v) is 8.19. The minimum atomic E-state index is -0.629. The van der Waals surface area contributed by atoms with Gasteiger partial charge in [0.25, 0.3) is 11.8 Å². The summed E-state index contributed by atoms with van der Waals surface area (Å²) in [5.74, 6) is 0.355. The van der Waals surface area contributed by atoms with Crippen LogP contribution in [-0.4, -0.2) is 43.5 Å². The molecule has 0 radical (unpaired) electrons. The third kappa shape index (κ3) is 5.97. The number of hydrogen-bond acceptors (Lipinski definition) is 5. The number of anilines is 2. The van der Waals surface area contributed by atoms with Crippen molar-refractivity contribution in [1.82, 2.24) is 5.32 Å². The summed E-state index contributed by atoms with van der Waals surface area (Å²) < 4.78 is 11.5. The van der Waals surface area contributed by atoms with E-state index in [0.29, 0.717) is 35.8 Å². The summed E-state index contributed by atoms with van der Waals surface area (Å²) in [5.41, 5.74) is 2.64. The lowest BCUT2D eigenvalue weighted by Crippen LogP contribution is -2.46. The molecule has 35 heavy (non-hydrogen) atoms. The van der Waals surface area contributed by atoms with E-state index in [-0.39, 0.29) is 24.3 Å². The molecule has 0 saturated heterocycles. The second kappa shape index (κ2) is 10.7. The van der Waals surface area contributed by atoms with Gasteiger partial charge < -0.3 is 25.0 Å². The largest absolute Gasteiger partial charge is 0.492 e. The normalized spacial score (nSPS) is 14.5. The van der Waals surface area contributed by atoms with Gasteiger partial charge in [-0.15, -0.1) is 0 Å². The van der Waals surface area contributed by atoms with E-state index in [0.717, 1.165) is 11.3 Å². The van der Waals surface area contributed by atoms with Gasteiger partial charge in [-0.2, -0.15) is 0 Å². The number of ether oxygens (including phenoxy) is 2. The Balaban J connectivity index is 1.39. The molecule has 2 N–H and O–H groups in total. The molecule has 0 saturated carbocycles. The van der Waals surface area contributed by atoms with Gasteiger partial charge in [-0.1, -0.05) is 35.9 Å². The van der Waals surface area contributed by atoms with Gasteiger partial charge in [0.05, 0.1) is 18.8 Å². The zero-order valence-electron chi connectivity index (χ0n) is 19.6. The van der Waals surface area contributed by atoms with Gasteiger partial charge in [0.15, 0.2) is 6.10 Å². The van der Waals surface area contributed by atoms with Crippen molar-refractivity contribution in [2.45, 2.75) is 20.0 Å². The minimum absolute atomic E-state index is 0.189. The van der Waals surface area contributed by atoms with Crippen LogP contribution in [0.5, 0.6) is 11.5 Å². The first kappa shape index (κ1) is 23.8. The summed E-state index contributed by atoms with van der Waals surface area (Å²) in [6, 6.07) is 21.5. The molecule has 1 heterocycles. The smallest absolute Gasteiger partial charge is 0.267 e. The highest BCUT2D eigenvalue weighted by Crippen LogP contribution is 2.36.